The van der Waals surface area contributed by atoms with Gasteiger partial charge in [0.2, 0.25) is 0 Å². The first kappa shape index (κ1) is 16.1. The van der Waals surface area contributed by atoms with Crippen LogP contribution in [0.2, 0.25) is 0 Å². The molecule has 2 heterocycles. The molecule has 120 valence electrons. The fourth-order valence-electron chi connectivity index (χ4n) is 3.73. The maximum Gasteiger partial charge on any atom is 0.326 e. The van der Waals surface area contributed by atoms with Crippen LogP contribution in [0.3, 0.4) is 0 Å². The number of hydrogen-bond donors (Lipinski definition) is 1. The average Bonchev–Trinajstić information content (AvgIpc) is 2.71. The molecule has 1 N–H and O–H groups in total. The molecule has 0 spiro atoms. The highest BCUT2D eigenvalue weighted by atomic mass is 16.4. The van der Waals surface area contributed by atoms with Gasteiger partial charge in [0.25, 0.3) is 0 Å². The van der Waals surface area contributed by atoms with Gasteiger partial charge in [-0.25, -0.2) is 9.59 Å². The Morgan fingerprint density at radius 3 is 2.48 bits per heavy atom. The summed E-state index contributed by atoms with van der Waals surface area (Å²) in [6, 6.07) is -0.720. The fraction of sp³-hybridized carbons (Fsp3) is 0.875. The number of carbonyl (C=O) groups is 2. The van der Waals surface area contributed by atoms with Crippen LogP contribution in [0.25, 0.3) is 0 Å². The average molecular weight is 296 g/mol. The van der Waals surface area contributed by atoms with Crippen molar-refractivity contribution in [3.05, 3.63) is 0 Å². The number of carboxylic acid groups (broad SMARTS) is 1. The lowest BCUT2D eigenvalue weighted by Crippen LogP contribution is -2.56. The number of carbonyl (C=O) groups excluding carboxylic acids is 1. The van der Waals surface area contributed by atoms with Crippen molar-refractivity contribution in [3.63, 3.8) is 0 Å². The second-order valence-corrected chi connectivity index (χ2v) is 6.57. The van der Waals surface area contributed by atoms with E-state index in [0.717, 1.165) is 38.8 Å². The summed E-state index contributed by atoms with van der Waals surface area (Å²) in [6.07, 6.45) is 6.22. The number of carboxylic acids is 1. The van der Waals surface area contributed by atoms with Crippen LogP contribution in [-0.2, 0) is 4.79 Å². The summed E-state index contributed by atoms with van der Waals surface area (Å²) in [4.78, 5) is 27.7. The molecule has 0 aromatic rings. The van der Waals surface area contributed by atoms with Crippen LogP contribution in [0.1, 0.15) is 52.4 Å². The highest BCUT2D eigenvalue weighted by molar-refractivity contribution is 5.83. The Labute approximate surface area is 127 Å². The predicted molar refractivity (Wildman–Crippen MR) is 81.1 cm³/mol. The molecule has 2 rings (SSSR count). The van der Waals surface area contributed by atoms with E-state index < -0.39 is 12.0 Å². The third-order valence-corrected chi connectivity index (χ3v) is 5.13. The summed E-state index contributed by atoms with van der Waals surface area (Å²) in [5, 5.41) is 9.45. The van der Waals surface area contributed by atoms with E-state index in [2.05, 4.69) is 6.92 Å². The van der Waals surface area contributed by atoms with Crippen molar-refractivity contribution in [2.75, 3.05) is 19.6 Å². The first-order valence-electron chi connectivity index (χ1n) is 8.33. The second-order valence-electron chi connectivity index (χ2n) is 6.57. The third kappa shape index (κ3) is 3.69. The van der Waals surface area contributed by atoms with Gasteiger partial charge in [0.15, 0.2) is 0 Å². The van der Waals surface area contributed by atoms with Crippen LogP contribution in [-0.4, -0.2) is 52.6 Å². The molecule has 2 saturated heterocycles. The second kappa shape index (κ2) is 7.14. The predicted octanol–water partition coefficient (Wildman–Crippen LogP) is 2.80. The van der Waals surface area contributed by atoms with Gasteiger partial charge in [-0.2, -0.15) is 0 Å². The van der Waals surface area contributed by atoms with Crippen molar-refractivity contribution in [2.24, 2.45) is 11.8 Å². The minimum absolute atomic E-state index is 0.0376. The number of hydrogen-bond acceptors (Lipinski definition) is 2. The van der Waals surface area contributed by atoms with Gasteiger partial charge in [-0.15, -0.1) is 0 Å². The Bertz CT molecular complexity index is 386. The largest absolute Gasteiger partial charge is 0.480 e. The lowest BCUT2D eigenvalue weighted by atomic mass is 9.91. The van der Waals surface area contributed by atoms with Gasteiger partial charge in [0.05, 0.1) is 0 Å². The summed E-state index contributed by atoms with van der Waals surface area (Å²) >= 11 is 0. The highest BCUT2D eigenvalue weighted by Gasteiger charge is 2.38. The van der Waals surface area contributed by atoms with Crippen LogP contribution in [0, 0.1) is 11.8 Å². The van der Waals surface area contributed by atoms with Gasteiger partial charge in [0.1, 0.15) is 6.04 Å². The Morgan fingerprint density at radius 1 is 1.10 bits per heavy atom. The molecule has 0 aromatic heterocycles. The van der Waals surface area contributed by atoms with Crippen LogP contribution in [0.15, 0.2) is 0 Å². The zero-order valence-electron chi connectivity index (χ0n) is 13.3. The van der Waals surface area contributed by atoms with Crippen molar-refractivity contribution in [1.29, 1.82) is 0 Å². The van der Waals surface area contributed by atoms with Gasteiger partial charge in [-0.3, -0.25) is 0 Å². The maximum atomic E-state index is 12.7. The smallest absolute Gasteiger partial charge is 0.326 e. The van der Waals surface area contributed by atoms with E-state index in [9.17, 15) is 14.7 Å². The normalized spacial score (nSPS) is 30.9. The molecule has 3 atom stereocenters. The van der Waals surface area contributed by atoms with Crippen molar-refractivity contribution >= 4 is 12.0 Å². The standard InChI is InChI=1S/C16H28N2O3/c1-3-13-7-5-9-17(11-8-13)16(21)18-10-4-6-12(2)14(18)15(19)20/h12-14H,3-11H2,1-2H3,(H,19,20). The Hall–Kier alpha value is -1.26. The SMILES string of the molecule is CCC1CCCN(C(=O)N2CCCC(C)C2C(=O)O)CC1. The van der Waals surface area contributed by atoms with E-state index in [1.807, 2.05) is 11.8 Å². The molecule has 5 nitrogen and oxygen atoms in total. The van der Waals surface area contributed by atoms with Crippen LogP contribution < -0.4 is 0 Å². The number of piperidine rings is 1. The lowest BCUT2D eigenvalue weighted by molar-refractivity contribution is -0.145. The molecular weight excluding hydrogens is 268 g/mol. The van der Waals surface area contributed by atoms with Crippen LogP contribution in [0.5, 0.6) is 0 Å². The topological polar surface area (TPSA) is 60.9 Å². The van der Waals surface area contributed by atoms with E-state index in [-0.39, 0.29) is 11.9 Å². The molecule has 0 radical (unpaired) electrons. The first-order valence-corrected chi connectivity index (χ1v) is 8.33. The molecule has 0 saturated carbocycles. The van der Waals surface area contributed by atoms with Crippen molar-refractivity contribution in [3.8, 4) is 0 Å². The molecule has 0 aliphatic carbocycles. The maximum absolute atomic E-state index is 12.7. The van der Waals surface area contributed by atoms with Gasteiger partial charge in [-0.1, -0.05) is 20.3 Å². The zero-order valence-corrected chi connectivity index (χ0v) is 13.3. The van der Waals surface area contributed by atoms with Gasteiger partial charge in [-0.05, 0) is 43.9 Å². The molecule has 2 amide bonds. The molecular formula is C16H28N2O3. The number of likely N-dealkylation sites (tertiary alicyclic amines) is 2. The molecule has 21 heavy (non-hydrogen) atoms. The Kier molecular flexibility index (Phi) is 5.48. The molecule has 2 fully saturated rings. The molecule has 2 aliphatic heterocycles. The Morgan fingerprint density at radius 2 is 1.81 bits per heavy atom. The van der Waals surface area contributed by atoms with Crippen LogP contribution >= 0.6 is 0 Å². The molecule has 2 aliphatic rings. The third-order valence-electron chi connectivity index (χ3n) is 5.13. The molecule has 5 heteroatoms. The molecule has 3 unspecified atom stereocenters. The number of aliphatic carboxylic acids is 1. The van der Waals surface area contributed by atoms with Gasteiger partial charge >= 0.3 is 12.0 Å². The monoisotopic (exact) mass is 296 g/mol. The summed E-state index contributed by atoms with van der Waals surface area (Å²) in [6.45, 7) is 6.26. The zero-order chi connectivity index (χ0) is 15.4. The number of nitrogens with zero attached hydrogens (tertiary/aromatic N) is 2. The molecule has 0 aromatic carbocycles. The summed E-state index contributed by atoms with van der Waals surface area (Å²) in [7, 11) is 0. The summed E-state index contributed by atoms with van der Waals surface area (Å²) in [5.41, 5.74) is 0. The van der Waals surface area contributed by atoms with Gasteiger partial charge < -0.3 is 14.9 Å². The lowest BCUT2D eigenvalue weighted by Gasteiger charge is -2.40. The minimum Gasteiger partial charge on any atom is -0.480 e. The number of rotatable bonds is 2. The fourth-order valence-corrected chi connectivity index (χ4v) is 3.73. The van der Waals surface area contributed by atoms with E-state index in [1.165, 1.54) is 12.8 Å². The van der Waals surface area contributed by atoms with Crippen molar-refractivity contribution in [2.45, 2.75) is 58.4 Å². The van der Waals surface area contributed by atoms with E-state index >= 15 is 0 Å². The highest BCUT2D eigenvalue weighted by Crippen LogP contribution is 2.26. The van der Waals surface area contributed by atoms with Crippen LogP contribution in [0.4, 0.5) is 4.79 Å². The van der Waals surface area contributed by atoms with Crippen molar-refractivity contribution < 1.29 is 14.7 Å². The van der Waals surface area contributed by atoms with Crippen molar-refractivity contribution in [1.82, 2.24) is 9.80 Å². The molecule has 0 bridgehead atoms. The quantitative estimate of drug-likeness (QED) is 0.852. The van der Waals surface area contributed by atoms with E-state index in [0.29, 0.717) is 12.5 Å². The van der Waals surface area contributed by atoms with E-state index in [1.54, 1.807) is 4.90 Å². The first-order chi connectivity index (χ1) is 10.0. The minimum atomic E-state index is -0.864. The number of urea groups is 1. The number of amides is 2. The summed E-state index contributed by atoms with van der Waals surface area (Å²) < 4.78 is 0. The van der Waals surface area contributed by atoms with E-state index in [4.69, 9.17) is 0 Å². The Balaban J connectivity index is 2.05. The summed E-state index contributed by atoms with van der Waals surface area (Å²) in [5.74, 6) is -0.120. The van der Waals surface area contributed by atoms with Gasteiger partial charge in [0, 0.05) is 19.6 Å².